The monoisotopic (exact) mass is 538 g/mol. The fraction of sp³-hybridized carbons (Fsp3) is 0.161. The number of anilines is 1. The lowest BCUT2D eigenvalue weighted by Gasteiger charge is -2.23. The number of amides is 1. The zero-order valence-electron chi connectivity index (χ0n) is 21.7. The second kappa shape index (κ2) is 10.7. The number of carbonyl (C=O) groups is 3. The molecule has 0 spiro atoms. The molecule has 1 aliphatic rings. The maximum absolute atomic E-state index is 13.3. The van der Waals surface area contributed by atoms with Crippen LogP contribution < -0.4 is 9.64 Å². The van der Waals surface area contributed by atoms with Crippen LogP contribution in [0, 0.1) is 13.8 Å². The molecule has 1 fully saturated rings. The Kier molecular flexibility index (Phi) is 7.13. The molecular formula is C31H26N2O5S. The molecule has 0 aliphatic carbocycles. The van der Waals surface area contributed by atoms with E-state index >= 15 is 0 Å². The van der Waals surface area contributed by atoms with Crippen molar-refractivity contribution in [2.75, 3.05) is 4.90 Å². The number of thiazole rings is 1. The van der Waals surface area contributed by atoms with Crippen LogP contribution in [0.25, 0.3) is 5.76 Å². The highest BCUT2D eigenvalue weighted by molar-refractivity contribution is 7.18. The van der Waals surface area contributed by atoms with E-state index in [1.807, 2.05) is 37.3 Å². The van der Waals surface area contributed by atoms with Crippen LogP contribution in [0.4, 0.5) is 5.13 Å². The van der Waals surface area contributed by atoms with Crippen molar-refractivity contribution < 1.29 is 24.2 Å². The molecule has 4 aromatic rings. The molecule has 196 valence electrons. The number of aryl methyl sites for hydroxylation is 2. The van der Waals surface area contributed by atoms with Crippen molar-refractivity contribution in [3.05, 3.63) is 117 Å². The van der Waals surface area contributed by atoms with Crippen LogP contribution in [0.5, 0.6) is 5.75 Å². The summed E-state index contributed by atoms with van der Waals surface area (Å²) in [7, 11) is 0. The Balaban J connectivity index is 1.51. The molecule has 7 nitrogen and oxygen atoms in total. The number of benzene rings is 3. The second-order valence-electron chi connectivity index (χ2n) is 9.35. The minimum absolute atomic E-state index is 0.0446. The number of hydrogen-bond acceptors (Lipinski definition) is 7. The predicted octanol–water partition coefficient (Wildman–Crippen LogP) is 6.17. The standard InChI is InChI=1S/C31H26N2O5S/c1-18-8-7-9-21(16-18)17-38-24-14-12-23(13-15-24)27(35)25-26(22-10-5-4-6-11-22)33(30(37)28(25)36)31-32-19(2)29(39-31)20(3)34/h4-16,26,35H,17H2,1-3H3/b27-25+. The Morgan fingerprint density at radius 2 is 1.72 bits per heavy atom. The van der Waals surface area contributed by atoms with E-state index in [2.05, 4.69) is 4.98 Å². The molecule has 1 saturated heterocycles. The maximum Gasteiger partial charge on any atom is 0.301 e. The summed E-state index contributed by atoms with van der Waals surface area (Å²) >= 11 is 1.06. The molecule has 0 radical (unpaired) electrons. The summed E-state index contributed by atoms with van der Waals surface area (Å²) in [6.07, 6.45) is 0. The fourth-order valence-electron chi connectivity index (χ4n) is 4.63. The van der Waals surface area contributed by atoms with Gasteiger partial charge in [-0.2, -0.15) is 0 Å². The normalized spacial score (nSPS) is 16.5. The third kappa shape index (κ3) is 5.11. The molecule has 5 rings (SSSR count). The number of aromatic nitrogens is 1. The summed E-state index contributed by atoms with van der Waals surface area (Å²) in [6.45, 7) is 5.53. The van der Waals surface area contributed by atoms with Crippen LogP contribution in [0.1, 0.15) is 50.6 Å². The van der Waals surface area contributed by atoms with Crippen LogP contribution in [-0.4, -0.2) is 27.6 Å². The number of nitrogens with zero attached hydrogens (tertiary/aromatic N) is 2. The molecule has 1 atom stereocenters. The number of ether oxygens (including phenoxy) is 1. The first-order valence-corrected chi connectivity index (χ1v) is 13.2. The Labute approximate surface area is 230 Å². The number of ketones is 2. The number of aliphatic hydroxyl groups is 1. The first-order valence-electron chi connectivity index (χ1n) is 12.4. The highest BCUT2D eigenvalue weighted by atomic mass is 32.1. The quantitative estimate of drug-likeness (QED) is 0.131. The van der Waals surface area contributed by atoms with Gasteiger partial charge in [0, 0.05) is 12.5 Å². The van der Waals surface area contributed by atoms with Crippen molar-refractivity contribution in [1.82, 2.24) is 4.98 Å². The van der Waals surface area contributed by atoms with Gasteiger partial charge in [-0.1, -0.05) is 71.5 Å². The Morgan fingerprint density at radius 1 is 1.00 bits per heavy atom. The molecule has 1 aromatic heterocycles. The molecule has 1 N–H and O–H groups in total. The SMILES string of the molecule is CC(=O)c1sc(N2C(=O)C(=O)/C(=C(/O)c3ccc(OCc4cccc(C)c4)cc3)C2c2ccccc2)nc1C. The molecule has 2 heterocycles. The van der Waals surface area contributed by atoms with E-state index in [0.29, 0.717) is 34.1 Å². The number of aliphatic hydroxyl groups excluding tert-OH is 1. The largest absolute Gasteiger partial charge is 0.507 e. The number of rotatable bonds is 7. The zero-order valence-corrected chi connectivity index (χ0v) is 22.5. The Morgan fingerprint density at radius 3 is 2.36 bits per heavy atom. The topological polar surface area (TPSA) is 96.8 Å². The molecule has 0 saturated carbocycles. The molecule has 1 amide bonds. The van der Waals surface area contributed by atoms with Crippen molar-refractivity contribution >= 4 is 39.7 Å². The third-order valence-electron chi connectivity index (χ3n) is 6.49. The molecule has 39 heavy (non-hydrogen) atoms. The molecule has 0 bridgehead atoms. The maximum atomic E-state index is 13.3. The van der Waals surface area contributed by atoms with Gasteiger partial charge >= 0.3 is 5.91 Å². The number of carbonyl (C=O) groups excluding carboxylic acids is 3. The number of Topliss-reactive ketones (excluding diaryl/α,β-unsaturated/α-hetero) is 2. The summed E-state index contributed by atoms with van der Waals surface area (Å²) in [6, 6.07) is 22.8. The predicted molar refractivity (Wildman–Crippen MR) is 150 cm³/mol. The smallest absolute Gasteiger partial charge is 0.301 e. The highest BCUT2D eigenvalue weighted by Gasteiger charge is 2.48. The molecular weight excluding hydrogens is 512 g/mol. The summed E-state index contributed by atoms with van der Waals surface area (Å²) in [5.41, 5.74) is 3.63. The summed E-state index contributed by atoms with van der Waals surface area (Å²) in [4.78, 5) is 44.8. The molecule has 3 aromatic carbocycles. The molecule has 1 aliphatic heterocycles. The minimum Gasteiger partial charge on any atom is -0.507 e. The van der Waals surface area contributed by atoms with Crippen LogP contribution in [0.2, 0.25) is 0 Å². The lowest BCUT2D eigenvalue weighted by molar-refractivity contribution is -0.132. The van der Waals surface area contributed by atoms with Gasteiger partial charge in [-0.25, -0.2) is 4.98 Å². The highest BCUT2D eigenvalue weighted by Crippen LogP contribution is 2.43. The average molecular weight is 539 g/mol. The second-order valence-corrected chi connectivity index (χ2v) is 10.3. The summed E-state index contributed by atoms with van der Waals surface area (Å²) in [5, 5.41) is 11.6. The van der Waals surface area contributed by atoms with Gasteiger partial charge in [0.1, 0.15) is 18.1 Å². The number of hydrogen-bond donors (Lipinski definition) is 1. The Bertz CT molecular complexity index is 1610. The lowest BCUT2D eigenvalue weighted by atomic mass is 9.95. The van der Waals surface area contributed by atoms with Gasteiger partial charge in [0.15, 0.2) is 10.9 Å². The van der Waals surface area contributed by atoms with Gasteiger partial charge in [0.2, 0.25) is 0 Å². The van der Waals surface area contributed by atoms with Gasteiger partial charge in [-0.3, -0.25) is 19.3 Å². The van der Waals surface area contributed by atoms with Crippen molar-refractivity contribution in [3.63, 3.8) is 0 Å². The first-order chi connectivity index (χ1) is 18.7. The summed E-state index contributed by atoms with van der Waals surface area (Å²) < 4.78 is 5.88. The van der Waals surface area contributed by atoms with E-state index in [0.717, 1.165) is 22.5 Å². The van der Waals surface area contributed by atoms with E-state index in [-0.39, 0.29) is 22.2 Å². The minimum atomic E-state index is -0.909. The van der Waals surface area contributed by atoms with E-state index < -0.39 is 17.7 Å². The fourth-order valence-corrected chi connectivity index (χ4v) is 5.61. The van der Waals surface area contributed by atoms with Gasteiger partial charge < -0.3 is 9.84 Å². The van der Waals surface area contributed by atoms with Crippen molar-refractivity contribution in [2.24, 2.45) is 0 Å². The average Bonchev–Trinajstić information content (AvgIpc) is 3.44. The van der Waals surface area contributed by atoms with Gasteiger partial charge in [0.05, 0.1) is 22.2 Å². The third-order valence-corrected chi connectivity index (χ3v) is 7.74. The van der Waals surface area contributed by atoms with Crippen molar-refractivity contribution in [1.29, 1.82) is 0 Å². The van der Waals surface area contributed by atoms with Gasteiger partial charge in [-0.05, 0) is 49.2 Å². The van der Waals surface area contributed by atoms with Crippen LogP contribution in [0.15, 0.2) is 84.4 Å². The molecule has 8 heteroatoms. The zero-order chi connectivity index (χ0) is 27.7. The van der Waals surface area contributed by atoms with E-state index in [4.69, 9.17) is 4.74 Å². The van der Waals surface area contributed by atoms with Crippen molar-refractivity contribution in [2.45, 2.75) is 33.4 Å². The van der Waals surface area contributed by atoms with E-state index in [9.17, 15) is 19.5 Å². The van der Waals surface area contributed by atoms with Crippen LogP contribution in [0.3, 0.4) is 0 Å². The Hall–Kier alpha value is -4.56. The van der Waals surface area contributed by atoms with Crippen LogP contribution >= 0.6 is 11.3 Å². The van der Waals surface area contributed by atoms with Gasteiger partial charge in [0.25, 0.3) is 5.78 Å². The van der Waals surface area contributed by atoms with E-state index in [1.54, 1.807) is 55.5 Å². The van der Waals surface area contributed by atoms with Gasteiger partial charge in [-0.15, -0.1) is 0 Å². The van der Waals surface area contributed by atoms with Crippen LogP contribution in [-0.2, 0) is 16.2 Å². The summed E-state index contributed by atoms with van der Waals surface area (Å²) in [5.74, 6) is -1.50. The lowest BCUT2D eigenvalue weighted by Crippen LogP contribution is -2.29. The molecule has 1 unspecified atom stereocenters. The first kappa shape index (κ1) is 26.1. The van der Waals surface area contributed by atoms with E-state index in [1.165, 1.54) is 11.8 Å². The van der Waals surface area contributed by atoms with Crippen molar-refractivity contribution in [3.8, 4) is 5.75 Å².